The number of primary amides is 1. The van der Waals surface area contributed by atoms with Gasteiger partial charge in [0.15, 0.2) is 17.3 Å². The maximum Gasteiger partial charge on any atom is 0.407 e. The number of hydrogen-bond acceptors (Lipinski definition) is 24. The van der Waals surface area contributed by atoms with E-state index >= 15 is 4.79 Å². The van der Waals surface area contributed by atoms with Gasteiger partial charge < -0.3 is 60.0 Å². The molecular weight excluding hydrogens is 1600 g/mol. The summed E-state index contributed by atoms with van der Waals surface area (Å²) in [7, 11) is 9.82. The Morgan fingerprint density at radius 2 is 1.33 bits per heavy atom. The highest BCUT2D eigenvalue weighted by Crippen LogP contribution is 2.52. The van der Waals surface area contributed by atoms with Crippen molar-refractivity contribution >= 4 is 117 Å². The standard InChI is InChI=1S/C91H131N9O22S/c1-16-57(8)84(97(12)88(114)68(55(4)5)46-72(103)83(56(6)7)96(10)11)74(118-14)47-79(108)99-51-66(45-70(99)85(119-15)58(9)86(112)94-50-73(104)63-32-31-62-43-65(117-13)34-33-61(62)42-63)121-90(116)93-39-22-26-81(110)120-52-60-29-27-59(28-30-60)41-71(102)69(24-19-20-25-76(92)105)95-87(113)67(54(2)3)44-64(101)23-18-17-21-40-98-80(109)48-75(89(98)115)123-53-91(37-38-91)49-82(111)122-100-77(106)35-36-78(100)107/h27-34,42-43,54-58,66-70,74-75,83-85H,16-26,35-41,44-53H2,1-15H3,(H2,92,105)(H,93,116)(H,94,112)(H,95,113)/t57-,58+,66-,67-,68-,69-,70-,74+,75?,83-,84-,85+/m0/s1. The average molecular weight is 1740 g/mol. The number of alkyl carbamates (subject to hydrolysis) is 1. The van der Waals surface area contributed by atoms with E-state index in [1.807, 2.05) is 86.5 Å². The number of carbonyl (C=O) groups is 16. The van der Waals surface area contributed by atoms with Gasteiger partial charge in [-0.25, -0.2) is 9.59 Å². The highest BCUT2D eigenvalue weighted by atomic mass is 32.2. The summed E-state index contributed by atoms with van der Waals surface area (Å²) in [5, 5.41) is 9.93. The molecule has 4 fully saturated rings. The van der Waals surface area contributed by atoms with E-state index in [1.54, 1.807) is 74.5 Å². The fourth-order valence-corrected chi connectivity index (χ4v) is 18.1. The van der Waals surface area contributed by atoms with Gasteiger partial charge in [-0.2, -0.15) is 0 Å². The number of Topliss-reactive ketones (excluding diaryl/α,β-unsaturated/α-hetero) is 4. The third kappa shape index (κ3) is 29.6. The molecule has 0 spiro atoms. The van der Waals surface area contributed by atoms with Crippen molar-refractivity contribution in [2.24, 2.45) is 52.6 Å². The van der Waals surface area contributed by atoms with Gasteiger partial charge in [-0.15, -0.1) is 16.8 Å². The number of likely N-dealkylation sites (tertiary alicyclic amines) is 2. The fraction of sp³-hybridized carbons (Fsp3) is 0.648. The van der Waals surface area contributed by atoms with E-state index in [1.165, 1.54) is 35.8 Å². The smallest absolute Gasteiger partial charge is 0.407 e. The third-order valence-electron chi connectivity index (χ3n) is 24.3. The molecule has 10 amide bonds. The number of hydroxylamine groups is 2. The second kappa shape index (κ2) is 48.1. The van der Waals surface area contributed by atoms with Gasteiger partial charge in [0, 0.05) is 122 Å². The molecule has 1 saturated carbocycles. The molecule has 1 aliphatic carbocycles. The number of carbonyl (C=O) groups excluding carboxylic acids is 16. The summed E-state index contributed by atoms with van der Waals surface area (Å²) in [5.74, 6) is -8.08. The van der Waals surface area contributed by atoms with Gasteiger partial charge in [-0.3, -0.25) is 76.9 Å². The lowest BCUT2D eigenvalue weighted by atomic mass is 9.83. The van der Waals surface area contributed by atoms with Crippen molar-refractivity contribution < 1.29 is 105 Å². The Hall–Kier alpha value is -9.53. The molecule has 678 valence electrons. The summed E-state index contributed by atoms with van der Waals surface area (Å²) >= 11 is 1.31. The Morgan fingerprint density at radius 1 is 0.675 bits per heavy atom. The summed E-state index contributed by atoms with van der Waals surface area (Å²) < 4.78 is 29.2. The number of nitrogens with two attached hydrogens (primary N) is 1. The van der Waals surface area contributed by atoms with Crippen molar-refractivity contribution in [3.05, 3.63) is 77.4 Å². The Morgan fingerprint density at radius 3 is 1.95 bits per heavy atom. The number of ketones is 4. The molecule has 7 rings (SSSR count). The van der Waals surface area contributed by atoms with Crippen molar-refractivity contribution in [1.29, 1.82) is 0 Å². The summed E-state index contributed by atoms with van der Waals surface area (Å²) in [4.78, 5) is 226. The molecule has 12 atom stereocenters. The minimum atomic E-state index is -0.997. The lowest BCUT2D eigenvalue weighted by molar-refractivity contribution is -0.198. The van der Waals surface area contributed by atoms with Crippen LogP contribution in [0.25, 0.3) is 10.8 Å². The largest absolute Gasteiger partial charge is 0.497 e. The van der Waals surface area contributed by atoms with Crippen LogP contribution in [0.15, 0.2) is 60.7 Å². The monoisotopic (exact) mass is 1730 g/mol. The van der Waals surface area contributed by atoms with Crippen LogP contribution in [-0.4, -0.2) is 241 Å². The Balaban J connectivity index is 0.892. The minimum Gasteiger partial charge on any atom is -0.497 e. The first-order valence-electron chi connectivity index (χ1n) is 43.4. The number of rotatable bonds is 54. The van der Waals surface area contributed by atoms with Crippen LogP contribution >= 0.6 is 11.8 Å². The van der Waals surface area contributed by atoms with Crippen LogP contribution in [0.2, 0.25) is 0 Å². The minimum absolute atomic E-state index is 0.00183. The number of hydrogen-bond donors (Lipinski definition) is 4. The molecule has 123 heavy (non-hydrogen) atoms. The zero-order chi connectivity index (χ0) is 90.7. The van der Waals surface area contributed by atoms with Crippen molar-refractivity contribution in [3.8, 4) is 5.75 Å². The van der Waals surface area contributed by atoms with E-state index in [0.717, 1.165) is 10.8 Å². The van der Waals surface area contributed by atoms with E-state index in [2.05, 4.69) is 16.0 Å². The normalized spacial score (nSPS) is 18.5. The summed E-state index contributed by atoms with van der Waals surface area (Å²) in [6, 6.07) is 14.6. The number of nitrogens with one attached hydrogen (secondary N) is 3. The maximum absolute atomic E-state index is 15.1. The van der Waals surface area contributed by atoms with Gasteiger partial charge in [0.05, 0.1) is 80.6 Å². The van der Waals surface area contributed by atoms with Gasteiger partial charge in [0.1, 0.15) is 24.2 Å². The van der Waals surface area contributed by atoms with E-state index in [4.69, 9.17) is 34.3 Å². The molecule has 5 N–H and O–H groups in total. The van der Waals surface area contributed by atoms with Gasteiger partial charge >= 0.3 is 18.0 Å². The van der Waals surface area contributed by atoms with E-state index in [9.17, 15) is 71.9 Å². The SMILES string of the molecule is CC[C@H](C)[C@@H]([C@@H](CC(=O)N1C[C@@H](OC(=O)NCCCC(=O)OCc2ccc(CC(=O)[C@H](CCCCC(N)=O)NC(=O)[C@@H](CC(=O)CCCCCN3C(=O)CC(SCC4(CC(=O)ON5C(=O)CCC5=O)CC4)C3=O)C(C)C)cc2)C[C@H]1[C@H](OC)[C@@H](C)C(=O)NCC(=O)c1ccc2cc(OC)ccc2c1)OC)N(C)C(=O)[C@@H](CC(=O)[C@H](C(C)C)N(C)C)C(C)C. The molecule has 0 bridgehead atoms. The summed E-state index contributed by atoms with van der Waals surface area (Å²) in [6.07, 6.45) is 0.688. The fourth-order valence-electron chi connectivity index (χ4n) is 16.6. The van der Waals surface area contributed by atoms with Crippen molar-refractivity contribution in [1.82, 2.24) is 40.6 Å². The molecule has 3 aliphatic heterocycles. The van der Waals surface area contributed by atoms with Crippen LogP contribution in [-0.2, 0) is 104 Å². The molecule has 0 aromatic heterocycles. The zero-order valence-electron chi connectivity index (χ0n) is 74.4. The maximum atomic E-state index is 15.1. The first kappa shape index (κ1) is 101. The number of benzene rings is 3. The number of ether oxygens (including phenoxy) is 5. The lowest BCUT2D eigenvalue weighted by Crippen LogP contribution is -2.54. The number of likely N-dealkylation sites (N-methyl/N-ethyl adjacent to an activating group) is 2. The number of unbranched alkanes of at least 4 members (excludes halogenated alkanes) is 3. The van der Waals surface area contributed by atoms with Crippen molar-refractivity contribution in [2.45, 2.75) is 258 Å². The topological polar surface area (TPSA) is 407 Å². The number of fused-ring (bicyclic) bond motifs is 1. The Bertz CT molecular complexity index is 4200. The number of nitrogens with zero attached hydrogens (tertiary/aromatic N) is 5. The van der Waals surface area contributed by atoms with Gasteiger partial charge in [0.2, 0.25) is 41.4 Å². The van der Waals surface area contributed by atoms with Crippen LogP contribution in [0, 0.1) is 46.8 Å². The van der Waals surface area contributed by atoms with Crippen LogP contribution in [0.4, 0.5) is 4.79 Å². The molecule has 3 aromatic carbocycles. The summed E-state index contributed by atoms with van der Waals surface area (Å²) in [6.45, 7) is 16.6. The molecule has 3 aromatic rings. The number of thioether (sulfide) groups is 1. The van der Waals surface area contributed by atoms with E-state index < -0.39 is 124 Å². The predicted octanol–water partition coefficient (Wildman–Crippen LogP) is 9.19. The number of amides is 10. The number of imide groups is 2. The highest BCUT2D eigenvalue weighted by Gasteiger charge is 2.50. The second-order valence-electron chi connectivity index (χ2n) is 34.8. The van der Waals surface area contributed by atoms with Crippen LogP contribution < -0.4 is 26.4 Å². The van der Waals surface area contributed by atoms with Gasteiger partial charge in [-0.1, -0.05) is 124 Å². The second-order valence-corrected chi connectivity index (χ2v) is 36.0. The molecule has 3 saturated heterocycles. The molecule has 4 aliphatic rings. The van der Waals surface area contributed by atoms with E-state index in [-0.39, 0.29) is 187 Å². The van der Waals surface area contributed by atoms with Crippen molar-refractivity contribution in [3.63, 3.8) is 0 Å². The quantitative estimate of drug-likeness (QED) is 0.0177. The summed E-state index contributed by atoms with van der Waals surface area (Å²) in [5.41, 5.74) is 6.56. The Labute approximate surface area is 727 Å². The number of methoxy groups -OCH3 is 3. The van der Waals surface area contributed by atoms with Crippen molar-refractivity contribution in [2.75, 3.05) is 74.4 Å². The predicted molar refractivity (Wildman–Crippen MR) is 459 cm³/mol. The molecule has 32 heteroatoms. The van der Waals surface area contributed by atoms with E-state index in [0.29, 0.717) is 84.6 Å². The van der Waals surface area contributed by atoms with Crippen LogP contribution in [0.5, 0.6) is 5.75 Å². The lowest BCUT2D eigenvalue weighted by Gasteiger charge is -2.41. The first-order valence-corrected chi connectivity index (χ1v) is 44.4. The molecular formula is C91H131N9O22S. The average Bonchev–Trinajstić information content (AvgIpc) is 1.25. The van der Waals surface area contributed by atoms with Crippen LogP contribution in [0.1, 0.15) is 219 Å². The van der Waals surface area contributed by atoms with Gasteiger partial charge in [0.25, 0.3) is 11.8 Å². The zero-order valence-corrected chi connectivity index (χ0v) is 75.3. The highest BCUT2D eigenvalue weighted by molar-refractivity contribution is 8.00. The molecule has 1 unspecified atom stereocenters. The molecule has 3 heterocycles. The van der Waals surface area contributed by atoms with Gasteiger partial charge in [-0.05, 0) is 128 Å². The Kier molecular flexibility index (Phi) is 39.3. The molecule has 0 radical (unpaired) electrons. The van der Waals surface area contributed by atoms with Crippen LogP contribution in [0.3, 0.4) is 0 Å². The third-order valence-corrected chi connectivity index (χ3v) is 25.8. The number of esters is 1. The molecule has 31 nitrogen and oxygen atoms in total. The first-order chi connectivity index (χ1) is 58.3.